The second kappa shape index (κ2) is 46.3. The highest BCUT2D eigenvalue weighted by Crippen LogP contribution is 2.35. The summed E-state index contributed by atoms with van der Waals surface area (Å²) in [6.45, 7) is 22.6. The Morgan fingerprint density at radius 3 is 0.934 bits per heavy atom. The van der Waals surface area contributed by atoms with Gasteiger partial charge in [0.05, 0.1) is 55.6 Å². The van der Waals surface area contributed by atoms with Gasteiger partial charge in [0.2, 0.25) is 81.5 Å². The van der Waals surface area contributed by atoms with E-state index in [9.17, 15) is 91.8 Å². The first-order valence-corrected chi connectivity index (χ1v) is 37.7. The Labute approximate surface area is 705 Å². The van der Waals surface area contributed by atoms with Gasteiger partial charge in [-0.25, -0.2) is 45.5 Å². The third-order valence-corrected chi connectivity index (χ3v) is 16.6. The van der Waals surface area contributed by atoms with E-state index in [2.05, 4.69) is 20.1 Å². The van der Waals surface area contributed by atoms with Gasteiger partial charge in [-0.3, -0.25) is 28.8 Å². The molecule has 8 rings (SSSR count). The normalized spacial score (nSPS) is 11.7. The molecule has 0 saturated heterocycles. The Morgan fingerprint density at radius 1 is 0.388 bits per heavy atom. The molecule has 652 valence electrons. The minimum absolute atomic E-state index is 0.000520. The van der Waals surface area contributed by atoms with Crippen LogP contribution >= 0.6 is 34.8 Å². The molecule has 0 heterocycles. The number of ether oxygens (including phenoxy) is 7. The quantitative estimate of drug-likeness (QED) is 0.00797. The first-order valence-electron chi connectivity index (χ1n) is 36.5. The molecule has 6 N–H and O–H groups in total. The van der Waals surface area contributed by atoms with E-state index in [4.69, 9.17) is 74.4 Å². The lowest BCUT2D eigenvalue weighted by Crippen LogP contribution is -2.32. The minimum Gasteiger partial charge on any atom is -0.489 e. The second-order valence-corrected chi connectivity index (χ2v) is 30.3. The van der Waals surface area contributed by atoms with Crippen LogP contribution in [0.4, 0.5) is 43.9 Å². The number of amides is 2. The fourth-order valence-corrected chi connectivity index (χ4v) is 10.9. The zero-order valence-corrected chi connectivity index (χ0v) is 70.2. The number of esters is 4. The van der Waals surface area contributed by atoms with Crippen molar-refractivity contribution < 1.29 is 135 Å². The van der Waals surface area contributed by atoms with Gasteiger partial charge < -0.3 is 59.7 Å². The number of hydrogen-bond acceptors (Lipinski definition) is 18. The number of carbonyl (C=O) groups excluding carboxylic acids is 8. The monoisotopic (exact) mass is 1760 g/mol. The highest BCUT2D eigenvalue weighted by atomic mass is 35.5. The number of ketones is 2. The molecule has 1 unspecified atom stereocenters. The van der Waals surface area contributed by atoms with Gasteiger partial charge in [-0.1, -0.05) is 71.2 Å². The number of carboxylic acid groups (broad SMARTS) is 2. The highest BCUT2D eigenvalue weighted by molar-refractivity contribution is 6.33. The van der Waals surface area contributed by atoms with Crippen LogP contribution in [0.25, 0.3) is 0 Å². The van der Waals surface area contributed by atoms with E-state index in [1.165, 1.54) is 25.2 Å². The smallest absolute Gasteiger partial charge is 0.343 e. The summed E-state index contributed by atoms with van der Waals surface area (Å²) in [5, 5.41) is 23.6. The summed E-state index contributed by atoms with van der Waals surface area (Å²) in [4.78, 5) is 118. The second-order valence-electron chi connectivity index (χ2n) is 29.1. The molecule has 22 nitrogen and oxygen atoms in total. The molecule has 0 fully saturated rings. The van der Waals surface area contributed by atoms with Crippen molar-refractivity contribution in [2.75, 3.05) is 14.1 Å². The first kappa shape index (κ1) is 102. The van der Waals surface area contributed by atoms with E-state index in [-0.39, 0.29) is 82.9 Å². The molecular weight excluding hydrogens is 1680 g/mol. The maximum atomic E-state index is 13.5. The first-order chi connectivity index (χ1) is 56.3. The highest BCUT2D eigenvalue weighted by Gasteiger charge is 2.32. The number of benzene rings is 8. The number of carbonyl (C=O) groups is 10. The van der Waals surface area contributed by atoms with Crippen LogP contribution in [0.3, 0.4) is 0 Å². The van der Waals surface area contributed by atoms with Crippen LogP contribution in [0, 0.1) is 70.0 Å². The molecule has 0 spiro atoms. The van der Waals surface area contributed by atoms with Crippen molar-refractivity contribution in [3.63, 3.8) is 0 Å². The van der Waals surface area contributed by atoms with Crippen LogP contribution in [0.15, 0.2) is 127 Å². The van der Waals surface area contributed by atoms with Gasteiger partial charge in [0, 0.05) is 56.8 Å². The summed E-state index contributed by atoms with van der Waals surface area (Å²) in [6, 6.07) is 32.0. The number of halogens is 13. The lowest BCUT2D eigenvalue weighted by molar-refractivity contribution is -0.138. The van der Waals surface area contributed by atoms with Crippen molar-refractivity contribution >= 4 is 94.0 Å². The minimum atomic E-state index is -2.35. The molecule has 8 aromatic rings. The summed E-state index contributed by atoms with van der Waals surface area (Å²) < 4.78 is 165. The summed E-state index contributed by atoms with van der Waals surface area (Å²) in [5.41, 5.74) is 8.27. The molecule has 0 radical (unpaired) electrons. The average Bonchev–Trinajstić information content (AvgIpc) is 0.798. The summed E-state index contributed by atoms with van der Waals surface area (Å²) in [6.07, 6.45) is 0.626. The predicted octanol–water partition coefficient (Wildman–Crippen LogP) is 18.2. The number of carboxylic acids is 2. The van der Waals surface area contributed by atoms with Gasteiger partial charge in [-0.05, 0) is 210 Å². The van der Waals surface area contributed by atoms with E-state index in [0.29, 0.717) is 56.6 Å². The van der Waals surface area contributed by atoms with E-state index in [1.807, 2.05) is 48.5 Å². The Morgan fingerprint density at radius 2 is 0.661 bits per heavy atom. The standard InChI is InChI=1S/C26H32ClNO5.C22H24ClNO5.C16H10ClF5O3.C14H19NO4.C8H3F5O2/c1-16(2)32-23-12-11-19(14-21(23)27)22(29)15-20(24(30)28-6)13-17-7-9-18(10-8-17)25(31)33-26(3,4)5;1-13(2)29-20-9-8-16(11-18(20)23)19(25)12-17(21(26)24-3)10-14-4-6-15(7-5-14)22(27)28;1-6(2)24-9-4-3-7(5-8(9)17)16(23)25-15-13(21)11(19)10(18)12(20)14(15)22;1-14(2,3)19-13(18)10-6-4-9(5-7-10)8-11(15)12(16)17;1-2(14)15-8-6(12)4(10)3(9)5(11)7(8)13/h7-12,14,16,20H,13,15H2,1-6H3,(H,28,30);4-9,11,13,17H,10,12H2,1-3H3,(H,24,26)(H,27,28);3-6H,1-2H3;4-7,11H,8,15H2,1-3H3,(H,16,17);1H3/t20-;17-;;;/m11.../s1. The van der Waals surface area contributed by atoms with Crippen molar-refractivity contribution in [3.05, 3.63) is 251 Å². The number of nitrogens with one attached hydrogen (secondary N) is 2. The number of aliphatic carboxylic acids is 1. The Balaban J connectivity index is 0.000000325. The van der Waals surface area contributed by atoms with E-state index < -0.39 is 135 Å². The van der Waals surface area contributed by atoms with E-state index >= 15 is 0 Å². The van der Waals surface area contributed by atoms with Gasteiger partial charge in [0.15, 0.2) is 11.6 Å². The van der Waals surface area contributed by atoms with Crippen LogP contribution in [0.2, 0.25) is 15.1 Å². The third-order valence-electron chi connectivity index (χ3n) is 15.8. The fourth-order valence-electron chi connectivity index (χ4n) is 10.2. The van der Waals surface area contributed by atoms with Crippen molar-refractivity contribution in [1.82, 2.24) is 10.6 Å². The van der Waals surface area contributed by atoms with Crippen LogP contribution < -0.4 is 40.1 Å². The Hall–Kier alpha value is -11.6. The predicted molar refractivity (Wildman–Crippen MR) is 427 cm³/mol. The van der Waals surface area contributed by atoms with Gasteiger partial charge in [0.25, 0.3) is 0 Å². The molecule has 35 heteroatoms. The Kier molecular flexibility index (Phi) is 38.9. The molecule has 0 bridgehead atoms. The Bertz CT molecular complexity index is 4990. The van der Waals surface area contributed by atoms with Gasteiger partial charge in [-0.15, -0.1) is 0 Å². The molecule has 0 aliphatic rings. The molecule has 0 saturated carbocycles. The largest absolute Gasteiger partial charge is 0.489 e. The van der Waals surface area contributed by atoms with Crippen LogP contribution in [-0.4, -0.2) is 119 Å². The van der Waals surface area contributed by atoms with Crippen molar-refractivity contribution in [1.29, 1.82) is 0 Å². The van der Waals surface area contributed by atoms with E-state index in [1.54, 1.807) is 139 Å². The number of hydrogen-bond donors (Lipinski definition) is 5. The molecule has 0 aromatic heterocycles. The summed E-state index contributed by atoms with van der Waals surface area (Å²) in [5.74, 6) is -31.8. The van der Waals surface area contributed by atoms with E-state index in [0.717, 1.165) is 35.7 Å². The van der Waals surface area contributed by atoms with Crippen LogP contribution in [-0.2, 0) is 47.9 Å². The zero-order chi connectivity index (χ0) is 91.6. The third kappa shape index (κ3) is 32.1. The average molecular weight is 1760 g/mol. The zero-order valence-electron chi connectivity index (χ0n) is 67.9. The molecular formula is C86H88Cl3F10N3O19. The van der Waals surface area contributed by atoms with Gasteiger partial charge in [0.1, 0.15) is 34.5 Å². The molecule has 0 aliphatic carbocycles. The molecule has 3 atom stereocenters. The van der Waals surface area contributed by atoms with Gasteiger partial charge in [-0.2, -0.15) is 17.6 Å². The number of rotatable bonds is 27. The van der Waals surface area contributed by atoms with Crippen molar-refractivity contribution in [2.24, 2.45) is 17.6 Å². The fraction of sp³-hybridized carbons (Fsp3) is 0.326. The molecule has 8 aromatic carbocycles. The molecule has 2 amide bonds. The van der Waals surface area contributed by atoms with Crippen molar-refractivity contribution in [2.45, 2.75) is 158 Å². The lowest BCUT2D eigenvalue weighted by Gasteiger charge is -2.19. The summed E-state index contributed by atoms with van der Waals surface area (Å²) in [7, 11) is 3.06. The number of Topliss-reactive ketones (excluding diaryl/α,β-unsaturated/α-hetero) is 2. The maximum Gasteiger partial charge on any atom is 0.343 e. The number of aromatic carboxylic acids is 1. The maximum absolute atomic E-state index is 13.5. The summed E-state index contributed by atoms with van der Waals surface area (Å²) >= 11 is 18.4. The lowest BCUT2D eigenvalue weighted by atomic mass is 9.91. The van der Waals surface area contributed by atoms with Crippen molar-refractivity contribution in [3.8, 4) is 28.7 Å². The molecule has 121 heavy (non-hydrogen) atoms. The van der Waals surface area contributed by atoms with Crippen LogP contribution in [0.5, 0.6) is 28.7 Å². The topological polar surface area (TPSA) is 326 Å². The molecule has 0 aliphatic heterocycles. The van der Waals surface area contributed by atoms with Gasteiger partial charge >= 0.3 is 35.8 Å². The van der Waals surface area contributed by atoms with Crippen LogP contribution in [0.1, 0.15) is 182 Å². The SMILES string of the molecule is CC(=O)Oc1c(F)c(F)c(F)c(F)c1F.CC(C)(C)OC(=O)c1ccc(CC(N)C(=O)O)cc1.CC(C)Oc1ccc(C(=O)Oc2c(F)c(F)c(F)c(F)c2F)cc1Cl.CNC(=O)[C@@H](CC(=O)c1ccc(OC(C)C)c(Cl)c1)Cc1ccc(C(=O)O)cc1.CNC(=O)[C@@H](CC(=O)c1ccc(OC(C)C)c(Cl)c1)Cc1ccc(C(=O)OC(C)(C)C)cc1. The number of nitrogens with two attached hydrogens (primary N) is 1.